The molecule has 0 aliphatic carbocycles. The Hall–Kier alpha value is -1.84. The molecule has 120 valence electrons. The van der Waals surface area contributed by atoms with Crippen LogP contribution in [-0.2, 0) is 9.59 Å². The molecule has 4 nitrogen and oxygen atoms in total. The Morgan fingerprint density at radius 2 is 1.77 bits per heavy atom. The minimum absolute atomic E-state index is 0.0529. The van der Waals surface area contributed by atoms with E-state index in [9.17, 15) is 14.7 Å². The van der Waals surface area contributed by atoms with Crippen molar-refractivity contribution in [2.24, 2.45) is 17.3 Å². The van der Waals surface area contributed by atoms with E-state index in [-0.39, 0.29) is 23.2 Å². The molecule has 1 aromatic rings. The van der Waals surface area contributed by atoms with Gasteiger partial charge < -0.3 is 10.0 Å². The lowest BCUT2D eigenvalue weighted by Crippen LogP contribution is -2.39. The minimum atomic E-state index is -0.826. The van der Waals surface area contributed by atoms with Crippen molar-refractivity contribution in [1.29, 1.82) is 0 Å². The first kappa shape index (κ1) is 16.5. The summed E-state index contributed by atoms with van der Waals surface area (Å²) in [6, 6.07) is 9.63. The van der Waals surface area contributed by atoms with E-state index in [1.807, 2.05) is 58.0 Å². The first-order chi connectivity index (χ1) is 10.2. The molecule has 0 bridgehead atoms. The zero-order valence-corrected chi connectivity index (χ0v) is 13.7. The molecule has 1 amide bonds. The van der Waals surface area contributed by atoms with Crippen molar-refractivity contribution in [1.82, 2.24) is 4.90 Å². The van der Waals surface area contributed by atoms with E-state index in [0.717, 1.165) is 5.56 Å². The molecule has 0 spiro atoms. The molecule has 0 radical (unpaired) electrons. The van der Waals surface area contributed by atoms with E-state index in [0.29, 0.717) is 13.1 Å². The van der Waals surface area contributed by atoms with Gasteiger partial charge in [-0.25, -0.2) is 0 Å². The highest BCUT2D eigenvalue weighted by atomic mass is 16.4. The number of nitrogens with zero attached hydrogens (tertiary/aromatic N) is 1. The maximum Gasteiger partial charge on any atom is 0.308 e. The number of amides is 1. The lowest BCUT2D eigenvalue weighted by atomic mass is 9.81. The van der Waals surface area contributed by atoms with Gasteiger partial charge in [0.05, 0.1) is 5.92 Å². The number of carboxylic acid groups (broad SMARTS) is 1. The molecule has 2 rings (SSSR count). The Balaban J connectivity index is 2.21. The van der Waals surface area contributed by atoms with Gasteiger partial charge in [-0.1, -0.05) is 58.0 Å². The summed E-state index contributed by atoms with van der Waals surface area (Å²) in [4.78, 5) is 26.0. The average molecular weight is 303 g/mol. The smallest absolute Gasteiger partial charge is 0.308 e. The fourth-order valence-corrected chi connectivity index (χ4v) is 2.92. The second-order valence-corrected chi connectivity index (χ2v) is 7.29. The standard InChI is InChI=1S/C18H25NO3/c1-12(18(2,3)4)16(20)19-10-14(15(11-19)17(21)22)13-8-6-5-7-9-13/h5-9,12,14-15H,10-11H2,1-4H3,(H,21,22). The van der Waals surface area contributed by atoms with Gasteiger partial charge in [0, 0.05) is 24.9 Å². The third-order valence-corrected chi connectivity index (χ3v) is 4.85. The number of benzene rings is 1. The molecule has 1 aliphatic heterocycles. The van der Waals surface area contributed by atoms with Crippen LogP contribution in [0.5, 0.6) is 0 Å². The Bertz CT molecular complexity index is 547. The van der Waals surface area contributed by atoms with Crippen LogP contribution in [0, 0.1) is 17.3 Å². The number of carboxylic acids is 1. The van der Waals surface area contributed by atoms with Crippen LogP contribution in [0.25, 0.3) is 0 Å². The van der Waals surface area contributed by atoms with Gasteiger partial charge in [-0.15, -0.1) is 0 Å². The van der Waals surface area contributed by atoms with E-state index in [4.69, 9.17) is 0 Å². The first-order valence-corrected chi connectivity index (χ1v) is 7.78. The van der Waals surface area contributed by atoms with Gasteiger partial charge in [0.15, 0.2) is 0 Å². The summed E-state index contributed by atoms with van der Waals surface area (Å²) < 4.78 is 0. The Morgan fingerprint density at radius 3 is 2.27 bits per heavy atom. The second kappa shape index (κ2) is 6.11. The van der Waals surface area contributed by atoms with Gasteiger partial charge in [-0.2, -0.15) is 0 Å². The van der Waals surface area contributed by atoms with Gasteiger partial charge >= 0.3 is 5.97 Å². The van der Waals surface area contributed by atoms with E-state index in [2.05, 4.69) is 0 Å². The van der Waals surface area contributed by atoms with E-state index in [1.54, 1.807) is 4.90 Å². The first-order valence-electron chi connectivity index (χ1n) is 7.78. The predicted octanol–water partition coefficient (Wildman–Crippen LogP) is 3.00. The molecular weight excluding hydrogens is 278 g/mol. The van der Waals surface area contributed by atoms with Gasteiger partial charge in [-0.05, 0) is 11.0 Å². The molecule has 1 N–H and O–H groups in total. The number of likely N-dealkylation sites (tertiary alicyclic amines) is 1. The monoisotopic (exact) mass is 303 g/mol. The number of rotatable bonds is 3. The van der Waals surface area contributed by atoms with Crippen LogP contribution < -0.4 is 0 Å². The van der Waals surface area contributed by atoms with Crippen LogP contribution in [0.15, 0.2) is 30.3 Å². The summed E-state index contributed by atoms with van der Waals surface area (Å²) in [6.07, 6.45) is 0. The van der Waals surface area contributed by atoms with Gasteiger partial charge in [0.1, 0.15) is 0 Å². The molecule has 3 unspecified atom stereocenters. The molecule has 1 aliphatic rings. The lowest BCUT2D eigenvalue weighted by molar-refractivity contribution is -0.142. The predicted molar refractivity (Wildman–Crippen MR) is 85.5 cm³/mol. The van der Waals surface area contributed by atoms with Crippen LogP contribution in [0.3, 0.4) is 0 Å². The summed E-state index contributed by atoms with van der Waals surface area (Å²) in [5.74, 6) is -1.56. The lowest BCUT2D eigenvalue weighted by Gasteiger charge is -2.30. The molecule has 1 fully saturated rings. The van der Waals surface area contributed by atoms with Crippen molar-refractivity contribution in [3.8, 4) is 0 Å². The van der Waals surface area contributed by atoms with E-state index < -0.39 is 11.9 Å². The summed E-state index contributed by atoms with van der Waals surface area (Å²) >= 11 is 0. The maximum atomic E-state index is 12.7. The Kier molecular flexibility index (Phi) is 4.59. The fourth-order valence-electron chi connectivity index (χ4n) is 2.92. The number of carbonyl (C=O) groups excluding carboxylic acids is 1. The number of aliphatic carboxylic acids is 1. The molecule has 1 saturated heterocycles. The molecule has 4 heteroatoms. The number of carbonyl (C=O) groups is 2. The zero-order chi connectivity index (χ0) is 16.5. The highest BCUT2D eigenvalue weighted by Crippen LogP contribution is 2.35. The van der Waals surface area contributed by atoms with Crippen LogP contribution in [0.4, 0.5) is 0 Å². The number of hydrogen-bond donors (Lipinski definition) is 1. The van der Waals surface area contributed by atoms with Gasteiger partial charge in [0.25, 0.3) is 0 Å². The van der Waals surface area contributed by atoms with Gasteiger partial charge in [-0.3, -0.25) is 9.59 Å². The zero-order valence-electron chi connectivity index (χ0n) is 13.7. The minimum Gasteiger partial charge on any atom is -0.481 e. The topological polar surface area (TPSA) is 57.6 Å². The molecule has 0 aromatic heterocycles. The highest BCUT2D eigenvalue weighted by molar-refractivity contribution is 5.81. The van der Waals surface area contributed by atoms with Crippen molar-refractivity contribution in [2.45, 2.75) is 33.6 Å². The van der Waals surface area contributed by atoms with Crippen molar-refractivity contribution in [3.63, 3.8) is 0 Å². The van der Waals surface area contributed by atoms with Crippen LogP contribution in [0.1, 0.15) is 39.2 Å². The molecule has 1 aromatic carbocycles. The van der Waals surface area contributed by atoms with Gasteiger partial charge in [0.2, 0.25) is 5.91 Å². The van der Waals surface area contributed by atoms with E-state index in [1.165, 1.54) is 0 Å². The van der Waals surface area contributed by atoms with Crippen molar-refractivity contribution in [2.75, 3.05) is 13.1 Å². The molecular formula is C18H25NO3. The average Bonchev–Trinajstić information content (AvgIpc) is 2.91. The quantitative estimate of drug-likeness (QED) is 0.934. The van der Waals surface area contributed by atoms with Crippen LogP contribution in [-0.4, -0.2) is 35.0 Å². The largest absolute Gasteiger partial charge is 0.481 e. The summed E-state index contributed by atoms with van der Waals surface area (Å²) in [7, 11) is 0. The van der Waals surface area contributed by atoms with Crippen molar-refractivity contribution >= 4 is 11.9 Å². The van der Waals surface area contributed by atoms with E-state index >= 15 is 0 Å². The Morgan fingerprint density at radius 1 is 1.18 bits per heavy atom. The Labute approximate surface area is 132 Å². The number of hydrogen-bond acceptors (Lipinski definition) is 2. The molecule has 0 saturated carbocycles. The maximum absolute atomic E-state index is 12.7. The molecule has 22 heavy (non-hydrogen) atoms. The van der Waals surface area contributed by atoms with Crippen LogP contribution >= 0.6 is 0 Å². The molecule has 1 heterocycles. The van der Waals surface area contributed by atoms with Crippen molar-refractivity contribution in [3.05, 3.63) is 35.9 Å². The summed E-state index contributed by atoms with van der Waals surface area (Å²) in [5, 5.41) is 9.51. The van der Waals surface area contributed by atoms with Crippen molar-refractivity contribution < 1.29 is 14.7 Å². The second-order valence-electron chi connectivity index (χ2n) is 7.29. The third-order valence-electron chi connectivity index (χ3n) is 4.85. The normalized spacial score (nSPS) is 23.4. The third kappa shape index (κ3) is 3.32. The highest BCUT2D eigenvalue weighted by Gasteiger charge is 2.42. The SMILES string of the molecule is CC(C(=O)N1CC(C(=O)O)C(c2ccccc2)C1)C(C)(C)C. The fraction of sp³-hybridized carbons (Fsp3) is 0.556. The summed E-state index contributed by atoms with van der Waals surface area (Å²) in [6.45, 7) is 8.82. The molecule has 3 atom stereocenters. The van der Waals surface area contributed by atoms with Crippen LogP contribution in [0.2, 0.25) is 0 Å². The summed E-state index contributed by atoms with van der Waals surface area (Å²) in [5.41, 5.74) is 0.870.